The van der Waals surface area contributed by atoms with Gasteiger partial charge in [0.25, 0.3) is 5.91 Å². The summed E-state index contributed by atoms with van der Waals surface area (Å²) >= 11 is 8.20. The molecule has 0 atom stereocenters. The van der Waals surface area contributed by atoms with Crippen LogP contribution in [-0.2, 0) is 9.59 Å². The van der Waals surface area contributed by atoms with Crippen molar-refractivity contribution >= 4 is 72.9 Å². The highest BCUT2D eigenvalue weighted by Gasteiger charge is 2.31. The second kappa shape index (κ2) is 10.1. The molecule has 1 aromatic heterocycles. The minimum Gasteiger partial charge on any atom is -0.454 e. The third-order valence-corrected chi connectivity index (χ3v) is 7.72. The second-order valence-corrected chi connectivity index (χ2v) is 10.5. The molecule has 1 fully saturated rings. The summed E-state index contributed by atoms with van der Waals surface area (Å²) in [7, 11) is 0. The van der Waals surface area contributed by atoms with E-state index >= 15 is 0 Å². The second-order valence-electron chi connectivity index (χ2n) is 7.79. The summed E-state index contributed by atoms with van der Waals surface area (Å²) in [6.07, 6.45) is 4.58. The van der Waals surface area contributed by atoms with Crippen molar-refractivity contribution < 1.29 is 19.1 Å². The third-order valence-electron chi connectivity index (χ3n) is 5.39. The number of hydrogen-bond donors (Lipinski definition) is 1. The SMILES string of the molecule is O=C(CCCCCN1C(=O)C(=Cc2ccc3c(c2)OCO3)SC1=S)Nc1nc2ccccc2s1. The van der Waals surface area contributed by atoms with Gasteiger partial charge in [0.15, 0.2) is 16.6 Å². The summed E-state index contributed by atoms with van der Waals surface area (Å²) in [6.45, 7) is 0.757. The number of unbranched alkanes of at least 4 members (excludes halogenated alkanes) is 2. The highest BCUT2D eigenvalue weighted by Crippen LogP contribution is 2.36. The van der Waals surface area contributed by atoms with Crippen LogP contribution in [0.2, 0.25) is 0 Å². The predicted molar refractivity (Wildman–Crippen MR) is 139 cm³/mol. The Bertz CT molecular complexity index is 1270. The van der Waals surface area contributed by atoms with Crippen LogP contribution in [0.3, 0.4) is 0 Å². The summed E-state index contributed by atoms with van der Waals surface area (Å²) < 4.78 is 12.3. The van der Waals surface area contributed by atoms with E-state index in [0.29, 0.717) is 38.8 Å². The van der Waals surface area contributed by atoms with E-state index in [2.05, 4.69) is 10.3 Å². The topological polar surface area (TPSA) is 80.8 Å². The van der Waals surface area contributed by atoms with Crippen molar-refractivity contribution in [3.05, 3.63) is 52.9 Å². The zero-order valence-corrected chi connectivity index (χ0v) is 20.6. The number of para-hydroxylation sites is 1. The van der Waals surface area contributed by atoms with E-state index < -0.39 is 0 Å². The van der Waals surface area contributed by atoms with Gasteiger partial charge in [-0.3, -0.25) is 14.5 Å². The van der Waals surface area contributed by atoms with E-state index in [1.54, 1.807) is 4.90 Å². The van der Waals surface area contributed by atoms with Gasteiger partial charge >= 0.3 is 0 Å². The van der Waals surface area contributed by atoms with Crippen molar-refractivity contribution in [2.24, 2.45) is 0 Å². The summed E-state index contributed by atoms with van der Waals surface area (Å²) in [6, 6.07) is 13.4. The van der Waals surface area contributed by atoms with Crippen molar-refractivity contribution in [3.8, 4) is 11.5 Å². The molecule has 5 rings (SSSR count). The van der Waals surface area contributed by atoms with E-state index in [9.17, 15) is 9.59 Å². The molecule has 3 heterocycles. The van der Waals surface area contributed by atoms with Crippen LogP contribution >= 0.6 is 35.3 Å². The van der Waals surface area contributed by atoms with Crippen LogP contribution in [0.4, 0.5) is 5.13 Å². The lowest BCUT2D eigenvalue weighted by Gasteiger charge is -2.14. The summed E-state index contributed by atoms with van der Waals surface area (Å²) in [5.74, 6) is 1.26. The smallest absolute Gasteiger partial charge is 0.266 e. The average Bonchev–Trinajstić information content (AvgIpc) is 3.51. The first-order valence-corrected chi connectivity index (χ1v) is 12.9. The van der Waals surface area contributed by atoms with Crippen LogP contribution in [-0.4, -0.2) is 39.4 Å². The van der Waals surface area contributed by atoms with Crippen molar-refractivity contribution in [2.75, 3.05) is 18.7 Å². The minimum absolute atomic E-state index is 0.0451. The van der Waals surface area contributed by atoms with Gasteiger partial charge in [0.05, 0.1) is 15.1 Å². The number of carbonyl (C=O) groups is 2. The lowest BCUT2D eigenvalue weighted by molar-refractivity contribution is -0.122. The number of nitrogens with zero attached hydrogens (tertiary/aromatic N) is 2. The molecule has 174 valence electrons. The highest BCUT2D eigenvalue weighted by atomic mass is 32.2. The quantitative estimate of drug-likeness (QED) is 0.246. The Labute approximate surface area is 210 Å². The number of anilines is 1. The third kappa shape index (κ3) is 5.08. The van der Waals surface area contributed by atoms with Crippen molar-refractivity contribution in [1.29, 1.82) is 0 Å². The number of ether oxygens (including phenoxy) is 2. The van der Waals surface area contributed by atoms with E-state index in [1.165, 1.54) is 23.1 Å². The Morgan fingerprint density at radius 1 is 1.15 bits per heavy atom. The van der Waals surface area contributed by atoms with E-state index in [1.807, 2.05) is 48.5 Å². The summed E-state index contributed by atoms with van der Waals surface area (Å²) in [5, 5.41) is 3.50. The van der Waals surface area contributed by atoms with Crippen LogP contribution in [0.25, 0.3) is 16.3 Å². The fourth-order valence-electron chi connectivity index (χ4n) is 3.69. The van der Waals surface area contributed by atoms with Gasteiger partial charge in [-0.2, -0.15) is 0 Å². The fourth-order valence-corrected chi connectivity index (χ4v) is 5.88. The van der Waals surface area contributed by atoms with E-state index in [-0.39, 0.29) is 18.6 Å². The fraction of sp³-hybridized carbons (Fsp3) is 0.250. The van der Waals surface area contributed by atoms with Crippen LogP contribution in [0.1, 0.15) is 31.2 Å². The predicted octanol–water partition coefficient (Wildman–Crippen LogP) is 5.43. The molecule has 0 bridgehead atoms. The van der Waals surface area contributed by atoms with Gasteiger partial charge in [-0.05, 0) is 48.7 Å². The maximum atomic E-state index is 12.8. The van der Waals surface area contributed by atoms with Gasteiger partial charge in [0.2, 0.25) is 12.7 Å². The van der Waals surface area contributed by atoms with Gasteiger partial charge in [0.1, 0.15) is 4.32 Å². The molecule has 7 nitrogen and oxygen atoms in total. The standard InChI is InChI=1S/C24H21N3O4S3/c28-21(26-23-25-16-6-3-4-7-19(16)33-23)8-2-1-5-11-27-22(29)20(34-24(27)32)13-15-9-10-17-18(12-15)31-14-30-17/h3-4,6-7,9-10,12-13H,1-2,5,8,11,14H2,(H,25,26,28). The normalized spacial score (nSPS) is 16.1. The summed E-state index contributed by atoms with van der Waals surface area (Å²) in [5.41, 5.74) is 1.75. The monoisotopic (exact) mass is 511 g/mol. The van der Waals surface area contributed by atoms with Crippen LogP contribution < -0.4 is 14.8 Å². The zero-order valence-electron chi connectivity index (χ0n) is 18.1. The number of fused-ring (bicyclic) bond motifs is 2. The first-order chi connectivity index (χ1) is 16.6. The number of aromatic nitrogens is 1. The molecule has 3 aromatic rings. The zero-order chi connectivity index (χ0) is 23.5. The first kappa shape index (κ1) is 22.8. The van der Waals surface area contributed by atoms with Gasteiger partial charge in [-0.1, -0.05) is 59.9 Å². The molecule has 0 spiro atoms. The number of rotatable bonds is 8. The molecule has 2 amide bonds. The maximum Gasteiger partial charge on any atom is 0.266 e. The van der Waals surface area contributed by atoms with Crippen LogP contribution in [0.5, 0.6) is 11.5 Å². The Morgan fingerprint density at radius 2 is 2.00 bits per heavy atom. The molecular formula is C24H21N3O4S3. The van der Waals surface area contributed by atoms with Gasteiger partial charge < -0.3 is 14.8 Å². The Morgan fingerprint density at radius 3 is 2.88 bits per heavy atom. The molecular weight excluding hydrogens is 490 g/mol. The maximum absolute atomic E-state index is 12.8. The average molecular weight is 512 g/mol. The molecule has 10 heteroatoms. The highest BCUT2D eigenvalue weighted by molar-refractivity contribution is 8.26. The molecule has 0 radical (unpaired) electrons. The molecule has 2 aliphatic heterocycles. The van der Waals surface area contributed by atoms with E-state index in [4.69, 9.17) is 21.7 Å². The number of amides is 2. The van der Waals surface area contributed by atoms with E-state index in [0.717, 1.165) is 35.0 Å². The van der Waals surface area contributed by atoms with Gasteiger partial charge in [-0.15, -0.1) is 0 Å². The van der Waals surface area contributed by atoms with Crippen molar-refractivity contribution in [3.63, 3.8) is 0 Å². The lowest BCUT2D eigenvalue weighted by atomic mass is 10.1. The number of hydrogen-bond acceptors (Lipinski definition) is 8. The Hall–Kier alpha value is -2.95. The number of benzene rings is 2. The number of carbonyl (C=O) groups excluding carboxylic acids is 2. The number of thioether (sulfide) groups is 1. The number of thiazole rings is 1. The molecule has 0 aliphatic carbocycles. The summed E-state index contributed by atoms with van der Waals surface area (Å²) in [4.78, 5) is 31.7. The molecule has 2 aromatic carbocycles. The van der Waals surface area contributed by atoms with Gasteiger partial charge in [-0.25, -0.2) is 4.98 Å². The van der Waals surface area contributed by atoms with Crippen LogP contribution in [0.15, 0.2) is 47.4 Å². The minimum atomic E-state index is -0.0822. The van der Waals surface area contributed by atoms with Gasteiger partial charge in [0, 0.05) is 13.0 Å². The Kier molecular flexibility index (Phi) is 6.80. The molecule has 0 saturated carbocycles. The molecule has 34 heavy (non-hydrogen) atoms. The lowest BCUT2D eigenvalue weighted by Crippen LogP contribution is -2.29. The molecule has 1 saturated heterocycles. The molecule has 0 unspecified atom stereocenters. The molecule has 2 aliphatic rings. The van der Waals surface area contributed by atoms with Crippen LogP contribution in [0, 0.1) is 0 Å². The molecule has 1 N–H and O–H groups in total. The first-order valence-electron chi connectivity index (χ1n) is 10.9. The van der Waals surface area contributed by atoms with Crippen molar-refractivity contribution in [2.45, 2.75) is 25.7 Å². The largest absolute Gasteiger partial charge is 0.454 e. The number of nitrogens with one attached hydrogen (secondary N) is 1. The van der Waals surface area contributed by atoms with Crippen molar-refractivity contribution in [1.82, 2.24) is 9.88 Å². The number of thiocarbonyl (C=S) groups is 1. The Balaban J connectivity index is 1.07.